The summed E-state index contributed by atoms with van der Waals surface area (Å²) in [5.41, 5.74) is 6.94. The number of nitrogens with two attached hydrogens (primary N) is 1. The quantitative estimate of drug-likeness (QED) is 0.885. The second-order valence-corrected chi connectivity index (χ2v) is 5.89. The van der Waals surface area contributed by atoms with Crippen LogP contribution in [0.1, 0.15) is 22.8 Å². The van der Waals surface area contributed by atoms with E-state index >= 15 is 0 Å². The molecule has 5 nitrogen and oxygen atoms in total. The number of hydrogen-bond donors (Lipinski definition) is 1. The number of carbonyl (C=O) groups excluding carboxylic acids is 1. The lowest BCUT2D eigenvalue weighted by Crippen LogP contribution is -2.40. The Morgan fingerprint density at radius 1 is 1.17 bits per heavy atom. The van der Waals surface area contributed by atoms with Crippen LogP contribution >= 0.6 is 0 Å². The molecule has 0 radical (unpaired) electrons. The molecule has 1 aliphatic heterocycles. The Bertz CT molecular complexity index is 700. The first kappa shape index (κ1) is 16.3. The molecule has 0 fully saturated rings. The van der Waals surface area contributed by atoms with Crippen molar-refractivity contribution in [2.75, 3.05) is 19.7 Å². The third kappa shape index (κ3) is 3.86. The molecule has 0 unspecified atom stereocenters. The predicted octanol–water partition coefficient (Wildman–Crippen LogP) is 2.45. The van der Waals surface area contributed by atoms with Gasteiger partial charge in [0.1, 0.15) is 12.7 Å². The molecule has 2 aromatic carbocycles. The molecule has 1 atom stereocenters. The van der Waals surface area contributed by atoms with Crippen molar-refractivity contribution in [3.8, 4) is 11.5 Å². The summed E-state index contributed by atoms with van der Waals surface area (Å²) in [5.74, 6) is 1.20. The number of carbonyl (C=O) groups is 1. The van der Waals surface area contributed by atoms with E-state index in [1.807, 2.05) is 36.4 Å². The third-order valence-electron chi connectivity index (χ3n) is 4.12. The molecule has 3 rings (SSSR count). The second-order valence-electron chi connectivity index (χ2n) is 5.89. The van der Waals surface area contributed by atoms with Gasteiger partial charge in [-0.25, -0.2) is 0 Å². The summed E-state index contributed by atoms with van der Waals surface area (Å²) in [6.07, 6.45) is 0.00439. The van der Waals surface area contributed by atoms with Crippen molar-refractivity contribution in [1.82, 2.24) is 4.90 Å². The van der Waals surface area contributed by atoms with E-state index in [2.05, 4.69) is 11.8 Å². The highest BCUT2D eigenvalue weighted by atomic mass is 16.6. The Morgan fingerprint density at radius 3 is 2.54 bits per heavy atom. The Morgan fingerprint density at radius 2 is 1.88 bits per heavy atom. The van der Waals surface area contributed by atoms with E-state index in [9.17, 15) is 4.79 Å². The molecule has 5 heteroatoms. The van der Waals surface area contributed by atoms with Crippen LogP contribution in [-0.2, 0) is 6.54 Å². The van der Waals surface area contributed by atoms with Crippen molar-refractivity contribution in [3.05, 3.63) is 59.7 Å². The van der Waals surface area contributed by atoms with Crippen molar-refractivity contribution >= 4 is 5.91 Å². The fourth-order valence-electron chi connectivity index (χ4n) is 2.78. The monoisotopic (exact) mass is 326 g/mol. The number of amides is 1. The number of nitrogens with zero attached hydrogens (tertiary/aromatic N) is 1. The van der Waals surface area contributed by atoms with Gasteiger partial charge in [-0.1, -0.05) is 31.2 Å². The summed E-state index contributed by atoms with van der Waals surface area (Å²) >= 11 is 0. The van der Waals surface area contributed by atoms with Crippen LogP contribution in [0.2, 0.25) is 0 Å². The molecule has 0 aliphatic carbocycles. The lowest BCUT2D eigenvalue weighted by Gasteiger charge is -2.30. The van der Waals surface area contributed by atoms with Crippen LogP contribution in [0.25, 0.3) is 0 Å². The van der Waals surface area contributed by atoms with E-state index in [0.717, 1.165) is 36.7 Å². The highest BCUT2D eigenvalue weighted by Gasteiger charge is 2.22. The summed E-state index contributed by atoms with van der Waals surface area (Å²) in [4.78, 5) is 13.4. The molecular formula is C19H22N2O3. The molecule has 2 N–H and O–H groups in total. The van der Waals surface area contributed by atoms with Crippen LogP contribution < -0.4 is 15.2 Å². The number of primary amides is 1. The molecular weight excluding hydrogens is 304 g/mol. The van der Waals surface area contributed by atoms with Crippen molar-refractivity contribution < 1.29 is 14.3 Å². The molecule has 0 saturated carbocycles. The van der Waals surface area contributed by atoms with Gasteiger partial charge >= 0.3 is 0 Å². The summed E-state index contributed by atoms with van der Waals surface area (Å²) < 4.78 is 11.8. The highest BCUT2D eigenvalue weighted by Crippen LogP contribution is 2.31. The van der Waals surface area contributed by atoms with Gasteiger partial charge in [-0.05, 0) is 36.4 Å². The van der Waals surface area contributed by atoms with E-state index in [4.69, 9.17) is 15.2 Å². The van der Waals surface area contributed by atoms with Crippen LogP contribution in [0, 0.1) is 0 Å². The number of benzene rings is 2. The van der Waals surface area contributed by atoms with E-state index in [1.165, 1.54) is 0 Å². The van der Waals surface area contributed by atoms with E-state index in [1.54, 1.807) is 12.1 Å². The molecule has 0 saturated heterocycles. The SMILES string of the molecule is CCN(Cc1ccc(C(N)=O)cc1)C[C@H]1COc2ccccc2O1. The van der Waals surface area contributed by atoms with Gasteiger partial charge in [-0.3, -0.25) is 9.69 Å². The van der Waals surface area contributed by atoms with Gasteiger partial charge in [-0.15, -0.1) is 0 Å². The lowest BCUT2D eigenvalue weighted by atomic mass is 10.1. The normalized spacial score (nSPS) is 16.2. The van der Waals surface area contributed by atoms with Gasteiger partial charge < -0.3 is 15.2 Å². The Hall–Kier alpha value is -2.53. The van der Waals surface area contributed by atoms with E-state index in [0.29, 0.717) is 12.2 Å². The van der Waals surface area contributed by atoms with Gasteiger partial charge in [0.05, 0.1) is 0 Å². The Labute approximate surface area is 142 Å². The first-order valence-corrected chi connectivity index (χ1v) is 8.15. The van der Waals surface area contributed by atoms with Crippen molar-refractivity contribution in [3.63, 3.8) is 0 Å². The first-order chi connectivity index (χ1) is 11.7. The number of hydrogen-bond acceptors (Lipinski definition) is 4. The average Bonchev–Trinajstić information content (AvgIpc) is 2.61. The highest BCUT2D eigenvalue weighted by molar-refractivity contribution is 5.92. The minimum Gasteiger partial charge on any atom is -0.486 e. The third-order valence-corrected chi connectivity index (χ3v) is 4.12. The largest absolute Gasteiger partial charge is 0.486 e. The Balaban J connectivity index is 1.60. The fraction of sp³-hybridized carbons (Fsp3) is 0.316. The molecule has 0 spiro atoms. The minimum atomic E-state index is -0.402. The maximum atomic E-state index is 11.1. The molecule has 1 heterocycles. The van der Waals surface area contributed by atoms with Gasteiger partial charge in [0, 0.05) is 18.7 Å². The van der Waals surface area contributed by atoms with E-state index < -0.39 is 5.91 Å². The summed E-state index contributed by atoms with van der Waals surface area (Å²) in [6, 6.07) is 15.2. The zero-order valence-corrected chi connectivity index (χ0v) is 13.8. The maximum Gasteiger partial charge on any atom is 0.248 e. The van der Waals surface area contributed by atoms with Crippen LogP contribution in [-0.4, -0.2) is 36.6 Å². The average molecular weight is 326 g/mol. The van der Waals surface area contributed by atoms with Gasteiger partial charge in [0.15, 0.2) is 11.5 Å². The molecule has 0 bridgehead atoms. The lowest BCUT2D eigenvalue weighted by molar-refractivity contribution is 0.0580. The number of likely N-dealkylation sites (N-methyl/N-ethyl adjacent to an activating group) is 1. The molecule has 24 heavy (non-hydrogen) atoms. The minimum absolute atomic E-state index is 0.00439. The number of rotatable bonds is 6. The zero-order chi connectivity index (χ0) is 16.9. The molecule has 0 aromatic heterocycles. The maximum absolute atomic E-state index is 11.1. The fourth-order valence-corrected chi connectivity index (χ4v) is 2.78. The van der Waals surface area contributed by atoms with Gasteiger partial charge in [0.25, 0.3) is 0 Å². The van der Waals surface area contributed by atoms with Crippen LogP contribution in [0.3, 0.4) is 0 Å². The van der Waals surface area contributed by atoms with Crippen molar-refractivity contribution in [2.45, 2.75) is 19.6 Å². The second kappa shape index (κ2) is 7.36. The zero-order valence-electron chi connectivity index (χ0n) is 13.8. The van der Waals surface area contributed by atoms with Crippen LogP contribution in [0.5, 0.6) is 11.5 Å². The van der Waals surface area contributed by atoms with Crippen molar-refractivity contribution in [1.29, 1.82) is 0 Å². The van der Waals surface area contributed by atoms with Crippen LogP contribution in [0.4, 0.5) is 0 Å². The number of ether oxygens (including phenoxy) is 2. The molecule has 2 aromatic rings. The van der Waals surface area contributed by atoms with Crippen LogP contribution in [0.15, 0.2) is 48.5 Å². The Kier molecular flexibility index (Phi) is 5.01. The number of fused-ring (bicyclic) bond motifs is 1. The topological polar surface area (TPSA) is 64.8 Å². The number of para-hydroxylation sites is 2. The van der Waals surface area contributed by atoms with E-state index in [-0.39, 0.29) is 6.10 Å². The standard InChI is InChI=1S/C19H22N2O3/c1-2-21(11-14-7-9-15(10-8-14)19(20)22)12-16-13-23-17-5-3-4-6-18(17)24-16/h3-10,16H,2,11-13H2,1H3,(H2,20,22)/t16-/m0/s1. The van der Waals surface area contributed by atoms with Gasteiger partial charge in [-0.2, -0.15) is 0 Å². The first-order valence-electron chi connectivity index (χ1n) is 8.15. The molecule has 126 valence electrons. The van der Waals surface area contributed by atoms with Crippen molar-refractivity contribution in [2.24, 2.45) is 5.73 Å². The molecule has 1 amide bonds. The summed E-state index contributed by atoms with van der Waals surface area (Å²) in [7, 11) is 0. The molecule has 1 aliphatic rings. The summed E-state index contributed by atoms with van der Waals surface area (Å²) in [6.45, 7) is 5.14. The van der Waals surface area contributed by atoms with Gasteiger partial charge in [0.2, 0.25) is 5.91 Å². The summed E-state index contributed by atoms with van der Waals surface area (Å²) in [5, 5.41) is 0. The smallest absolute Gasteiger partial charge is 0.248 e. The predicted molar refractivity (Wildman–Crippen MR) is 92.3 cm³/mol.